The maximum Gasteiger partial charge on any atom is 0.337 e. The lowest BCUT2D eigenvalue weighted by Gasteiger charge is -2.40. The van der Waals surface area contributed by atoms with E-state index >= 15 is 0 Å². The second-order valence-corrected chi connectivity index (χ2v) is 12.1. The summed E-state index contributed by atoms with van der Waals surface area (Å²) in [5.74, 6) is 0.0743. The molecule has 0 aromatic carbocycles. The third-order valence-electron chi connectivity index (χ3n) is 6.95. The first kappa shape index (κ1) is 27.9. The number of carbonyl (C=O) groups is 1. The molecule has 0 radical (unpaired) electrons. The first-order valence-corrected chi connectivity index (χ1v) is 13.0. The van der Waals surface area contributed by atoms with Gasteiger partial charge < -0.3 is 19.5 Å². The van der Waals surface area contributed by atoms with Crippen molar-refractivity contribution in [1.82, 2.24) is 9.97 Å². The quantitative estimate of drug-likeness (QED) is 0.449. The normalized spacial score (nSPS) is 17.7. The van der Waals surface area contributed by atoms with Gasteiger partial charge in [0.15, 0.2) is 6.10 Å². The summed E-state index contributed by atoms with van der Waals surface area (Å²) >= 11 is 0. The van der Waals surface area contributed by atoms with Crippen molar-refractivity contribution in [3.05, 3.63) is 35.8 Å². The van der Waals surface area contributed by atoms with Gasteiger partial charge in [-0.1, -0.05) is 27.7 Å². The number of rotatable bonds is 8. The monoisotopic (exact) mass is 497 g/mol. The number of aromatic nitrogens is 2. The smallest absolute Gasteiger partial charge is 0.337 e. The Labute approximate surface area is 216 Å². The number of hydrogen-bond acceptors (Lipinski definition) is 6. The summed E-state index contributed by atoms with van der Waals surface area (Å²) in [5, 5.41) is 10.2. The van der Waals surface area contributed by atoms with E-state index in [-0.39, 0.29) is 11.5 Å². The van der Waals surface area contributed by atoms with Crippen LogP contribution in [-0.4, -0.2) is 45.8 Å². The maximum atomic E-state index is 12.5. The number of carboxylic acid groups (broad SMARTS) is 1. The molecule has 198 valence electrons. The van der Waals surface area contributed by atoms with Crippen LogP contribution in [-0.2, 0) is 9.53 Å². The van der Waals surface area contributed by atoms with Gasteiger partial charge in [0.1, 0.15) is 5.75 Å². The van der Waals surface area contributed by atoms with E-state index < -0.39 is 17.7 Å². The van der Waals surface area contributed by atoms with Crippen molar-refractivity contribution in [3.8, 4) is 17.0 Å². The Morgan fingerprint density at radius 2 is 1.72 bits per heavy atom. The average molecular weight is 498 g/mol. The topological polar surface area (TPSA) is 84.8 Å². The second kappa shape index (κ2) is 10.8. The molecule has 0 amide bonds. The Bertz CT molecular complexity index is 1050. The maximum absolute atomic E-state index is 12.5. The first-order valence-electron chi connectivity index (χ1n) is 13.0. The molecule has 0 spiro atoms. The summed E-state index contributed by atoms with van der Waals surface area (Å²) in [6, 6.07) is 3.85. The molecule has 36 heavy (non-hydrogen) atoms. The Kier molecular flexibility index (Phi) is 8.33. The molecule has 1 saturated heterocycles. The van der Waals surface area contributed by atoms with Crippen LogP contribution in [0.3, 0.4) is 0 Å². The Morgan fingerprint density at radius 1 is 1.08 bits per heavy atom. The molecule has 3 rings (SSSR count). The Morgan fingerprint density at radius 3 is 2.22 bits per heavy atom. The van der Waals surface area contributed by atoms with Gasteiger partial charge in [-0.05, 0) is 70.9 Å². The number of aliphatic carboxylic acids is 1. The van der Waals surface area contributed by atoms with Gasteiger partial charge in [-0.3, -0.25) is 9.97 Å². The summed E-state index contributed by atoms with van der Waals surface area (Å²) < 4.78 is 12.1. The highest BCUT2D eigenvalue weighted by Crippen LogP contribution is 2.43. The summed E-state index contributed by atoms with van der Waals surface area (Å²) in [7, 11) is 0. The Balaban J connectivity index is 2.13. The fraction of sp³-hybridized carbons (Fsp3) is 0.621. The van der Waals surface area contributed by atoms with Gasteiger partial charge in [0.25, 0.3) is 0 Å². The van der Waals surface area contributed by atoms with Gasteiger partial charge in [-0.2, -0.15) is 0 Å². The number of piperidine rings is 1. The molecule has 1 aliphatic rings. The van der Waals surface area contributed by atoms with Crippen LogP contribution in [0.4, 0.5) is 5.69 Å². The molecule has 2 atom stereocenters. The Hall–Kier alpha value is -2.67. The van der Waals surface area contributed by atoms with Gasteiger partial charge in [-0.25, -0.2) is 4.79 Å². The third kappa shape index (κ3) is 6.75. The van der Waals surface area contributed by atoms with E-state index in [1.165, 1.54) is 0 Å². The minimum atomic E-state index is -1.14. The van der Waals surface area contributed by atoms with Crippen molar-refractivity contribution < 1.29 is 19.4 Å². The molecule has 7 heteroatoms. The van der Waals surface area contributed by atoms with Gasteiger partial charge in [0.2, 0.25) is 0 Å². The zero-order valence-corrected chi connectivity index (χ0v) is 23.4. The van der Waals surface area contributed by atoms with E-state index in [2.05, 4.69) is 37.6 Å². The number of pyridine rings is 2. The predicted octanol–water partition coefficient (Wildman–Crippen LogP) is 6.44. The SMILES string of the molecule is Cc1ncc(-c2ccc(OC(C)C(C)C)cn2)c(N2CCC(C)(C)CC2)c1C(OC(C)(C)C)C(=O)O. The molecule has 1 fully saturated rings. The summed E-state index contributed by atoms with van der Waals surface area (Å²) in [4.78, 5) is 24.1. The molecule has 2 unspecified atom stereocenters. The lowest BCUT2D eigenvalue weighted by atomic mass is 9.82. The molecule has 0 aliphatic carbocycles. The lowest BCUT2D eigenvalue weighted by molar-refractivity contribution is -0.160. The molecular formula is C29H43N3O4. The molecule has 0 saturated carbocycles. The van der Waals surface area contributed by atoms with Crippen LogP contribution >= 0.6 is 0 Å². The van der Waals surface area contributed by atoms with Crippen LogP contribution in [0.1, 0.15) is 85.6 Å². The molecule has 7 nitrogen and oxygen atoms in total. The van der Waals surface area contributed by atoms with Crippen LogP contribution in [0.15, 0.2) is 24.5 Å². The predicted molar refractivity (Wildman–Crippen MR) is 144 cm³/mol. The molecule has 3 heterocycles. The van der Waals surface area contributed by atoms with E-state index in [9.17, 15) is 9.90 Å². The minimum absolute atomic E-state index is 0.0726. The van der Waals surface area contributed by atoms with Gasteiger partial charge in [-0.15, -0.1) is 0 Å². The molecule has 0 bridgehead atoms. The summed E-state index contributed by atoms with van der Waals surface area (Å²) in [5.41, 5.74) is 3.25. The fourth-order valence-corrected chi connectivity index (χ4v) is 4.33. The van der Waals surface area contributed by atoms with Gasteiger partial charge in [0.05, 0.1) is 29.3 Å². The molecule has 1 aliphatic heterocycles. The zero-order chi connectivity index (χ0) is 26.8. The van der Waals surface area contributed by atoms with Crippen molar-refractivity contribution >= 4 is 11.7 Å². The number of ether oxygens (including phenoxy) is 2. The highest BCUT2D eigenvalue weighted by atomic mass is 16.5. The van der Waals surface area contributed by atoms with Crippen molar-refractivity contribution in [2.24, 2.45) is 11.3 Å². The van der Waals surface area contributed by atoms with E-state index in [1.807, 2.05) is 52.9 Å². The van der Waals surface area contributed by atoms with E-state index in [0.29, 0.717) is 22.9 Å². The van der Waals surface area contributed by atoms with Crippen LogP contribution in [0.5, 0.6) is 5.75 Å². The molecule has 2 aromatic rings. The highest BCUT2D eigenvalue weighted by molar-refractivity contribution is 5.85. The van der Waals surface area contributed by atoms with Crippen LogP contribution in [0.25, 0.3) is 11.3 Å². The van der Waals surface area contributed by atoms with Crippen LogP contribution in [0, 0.1) is 18.3 Å². The first-order chi connectivity index (χ1) is 16.7. The van der Waals surface area contributed by atoms with E-state index in [1.54, 1.807) is 6.20 Å². The van der Waals surface area contributed by atoms with Crippen molar-refractivity contribution in [1.29, 1.82) is 0 Å². The summed E-state index contributed by atoms with van der Waals surface area (Å²) in [6.07, 6.45) is 4.50. The number of hydrogen-bond donors (Lipinski definition) is 1. The number of anilines is 1. The van der Waals surface area contributed by atoms with E-state index in [0.717, 1.165) is 42.9 Å². The number of nitrogens with zero attached hydrogens (tertiary/aromatic N) is 3. The van der Waals surface area contributed by atoms with E-state index in [4.69, 9.17) is 14.5 Å². The average Bonchev–Trinajstić information content (AvgIpc) is 2.77. The molecule has 2 aromatic heterocycles. The van der Waals surface area contributed by atoms with Gasteiger partial charge >= 0.3 is 5.97 Å². The van der Waals surface area contributed by atoms with Crippen molar-refractivity contribution in [3.63, 3.8) is 0 Å². The lowest BCUT2D eigenvalue weighted by Crippen LogP contribution is -2.39. The van der Waals surface area contributed by atoms with Gasteiger partial charge in [0, 0.05) is 36.1 Å². The number of aryl methyl sites for hydroxylation is 1. The molecule has 1 N–H and O–H groups in total. The molecular weight excluding hydrogens is 454 g/mol. The second-order valence-electron chi connectivity index (χ2n) is 12.1. The minimum Gasteiger partial charge on any atom is -0.489 e. The fourth-order valence-electron chi connectivity index (χ4n) is 4.33. The highest BCUT2D eigenvalue weighted by Gasteiger charge is 2.36. The van der Waals surface area contributed by atoms with Crippen LogP contribution < -0.4 is 9.64 Å². The van der Waals surface area contributed by atoms with Crippen LogP contribution in [0.2, 0.25) is 0 Å². The largest absolute Gasteiger partial charge is 0.489 e. The summed E-state index contributed by atoms with van der Waals surface area (Å²) in [6.45, 7) is 20.0. The standard InChI is InChI=1S/C29H43N3O4/c1-18(2)20(4)35-21-10-11-23(31-16-21)22-17-30-19(3)24(26(27(33)34)36-28(5,6)7)25(22)32-14-12-29(8,9)13-15-32/h10-11,16-18,20,26H,12-15H2,1-9H3,(H,33,34). The zero-order valence-electron chi connectivity index (χ0n) is 23.4. The third-order valence-corrected chi connectivity index (χ3v) is 6.95. The van der Waals surface area contributed by atoms with Crippen molar-refractivity contribution in [2.45, 2.75) is 93.0 Å². The van der Waals surface area contributed by atoms with Crippen molar-refractivity contribution in [2.75, 3.05) is 18.0 Å². The number of carboxylic acids is 1.